The van der Waals surface area contributed by atoms with Crippen LogP contribution in [-0.2, 0) is 6.54 Å². The summed E-state index contributed by atoms with van der Waals surface area (Å²) in [5, 5.41) is 18.1. The fourth-order valence-electron chi connectivity index (χ4n) is 1.82. The lowest BCUT2D eigenvalue weighted by atomic mass is 10.3. The highest BCUT2D eigenvalue weighted by atomic mass is 35.5. The van der Waals surface area contributed by atoms with Gasteiger partial charge in [-0.05, 0) is 31.5 Å². The van der Waals surface area contributed by atoms with E-state index in [0.29, 0.717) is 6.54 Å². The number of aryl methyl sites for hydroxylation is 1. The van der Waals surface area contributed by atoms with Crippen LogP contribution in [0.1, 0.15) is 12.6 Å². The molecule has 0 aromatic carbocycles. The Bertz CT molecular complexity index is 616. The summed E-state index contributed by atoms with van der Waals surface area (Å²) in [7, 11) is 0. The zero-order chi connectivity index (χ0) is 14.7. The summed E-state index contributed by atoms with van der Waals surface area (Å²) in [5.74, 6) is 0.118. The van der Waals surface area contributed by atoms with Crippen molar-refractivity contribution < 1.29 is 4.92 Å². The van der Waals surface area contributed by atoms with Gasteiger partial charge in [0.05, 0.1) is 11.5 Å². The van der Waals surface area contributed by atoms with Crippen molar-refractivity contribution in [3.05, 3.63) is 39.6 Å². The maximum atomic E-state index is 11.1. The molecular weight excluding hydrogens is 284 g/mol. The van der Waals surface area contributed by atoms with Crippen molar-refractivity contribution in [2.75, 3.05) is 5.32 Å². The molecule has 0 aliphatic carbocycles. The molecule has 0 amide bonds. The van der Waals surface area contributed by atoms with Crippen molar-refractivity contribution in [1.82, 2.24) is 19.7 Å². The van der Waals surface area contributed by atoms with Crippen LogP contribution >= 0.6 is 11.6 Å². The first kappa shape index (κ1) is 14.2. The van der Waals surface area contributed by atoms with Gasteiger partial charge in [0.15, 0.2) is 0 Å². The number of anilines is 1. The van der Waals surface area contributed by atoms with Crippen LogP contribution in [0.25, 0.3) is 0 Å². The molecule has 0 radical (unpaired) electrons. The third-order valence-electron chi connectivity index (χ3n) is 2.62. The molecule has 1 unspecified atom stereocenters. The maximum absolute atomic E-state index is 11.1. The number of nitrogens with zero attached hydrogens (tertiary/aromatic N) is 5. The normalized spacial score (nSPS) is 12.2. The SMILES string of the molecule is Cc1nc(Cl)nc(NC(C)Cn2cccn2)c1[N+](=O)[O-]. The number of halogens is 1. The van der Waals surface area contributed by atoms with Gasteiger partial charge in [-0.1, -0.05) is 0 Å². The summed E-state index contributed by atoms with van der Waals surface area (Å²) in [4.78, 5) is 18.2. The first-order valence-corrected chi connectivity index (χ1v) is 6.27. The fourth-order valence-corrected chi connectivity index (χ4v) is 2.03. The molecule has 2 aromatic heterocycles. The molecule has 0 fully saturated rings. The van der Waals surface area contributed by atoms with Crippen LogP contribution in [-0.4, -0.2) is 30.7 Å². The zero-order valence-corrected chi connectivity index (χ0v) is 11.7. The Morgan fingerprint density at radius 1 is 1.55 bits per heavy atom. The molecular formula is C11H13ClN6O2. The second-order valence-electron chi connectivity index (χ2n) is 4.31. The molecule has 20 heavy (non-hydrogen) atoms. The monoisotopic (exact) mass is 296 g/mol. The molecule has 106 valence electrons. The topological polar surface area (TPSA) is 98.8 Å². The molecule has 0 saturated carbocycles. The van der Waals surface area contributed by atoms with Gasteiger partial charge < -0.3 is 5.32 Å². The summed E-state index contributed by atoms with van der Waals surface area (Å²) in [6.45, 7) is 3.94. The highest BCUT2D eigenvalue weighted by molar-refractivity contribution is 6.28. The Kier molecular flexibility index (Phi) is 4.14. The minimum absolute atomic E-state index is 0.0260. The second-order valence-corrected chi connectivity index (χ2v) is 4.64. The minimum Gasteiger partial charge on any atom is -0.360 e. The molecule has 8 nitrogen and oxygen atoms in total. The van der Waals surface area contributed by atoms with Gasteiger partial charge in [-0.25, -0.2) is 4.98 Å². The number of nitrogens with one attached hydrogen (secondary N) is 1. The van der Waals surface area contributed by atoms with Crippen molar-refractivity contribution in [3.8, 4) is 0 Å². The minimum atomic E-state index is -0.519. The third-order valence-corrected chi connectivity index (χ3v) is 2.79. The molecule has 0 spiro atoms. The molecule has 1 atom stereocenters. The highest BCUT2D eigenvalue weighted by Gasteiger charge is 2.22. The highest BCUT2D eigenvalue weighted by Crippen LogP contribution is 2.27. The molecule has 9 heteroatoms. The van der Waals surface area contributed by atoms with Crippen molar-refractivity contribution >= 4 is 23.1 Å². The zero-order valence-electron chi connectivity index (χ0n) is 10.9. The van der Waals surface area contributed by atoms with E-state index in [1.807, 2.05) is 13.1 Å². The first-order chi connectivity index (χ1) is 9.47. The molecule has 2 heterocycles. The van der Waals surface area contributed by atoms with Crippen LogP contribution in [0.3, 0.4) is 0 Å². The van der Waals surface area contributed by atoms with Crippen LogP contribution in [0.5, 0.6) is 0 Å². The van der Waals surface area contributed by atoms with Crippen molar-refractivity contribution in [3.63, 3.8) is 0 Å². The lowest BCUT2D eigenvalue weighted by molar-refractivity contribution is -0.385. The third kappa shape index (κ3) is 3.21. The van der Waals surface area contributed by atoms with E-state index in [2.05, 4.69) is 20.4 Å². The van der Waals surface area contributed by atoms with E-state index >= 15 is 0 Å². The van der Waals surface area contributed by atoms with E-state index in [1.54, 1.807) is 16.9 Å². The van der Waals surface area contributed by atoms with Crippen molar-refractivity contribution in [2.45, 2.75) is 26.4 Å². The Balaban J connectivity index is 2.21. The van der Waals surface area contributed by atoms with Crippen LogP contribution in [0.15, 0.2) is 18.5 Å². The van der Waals surface area contributed by atoms with E-state index < -0.39 is 4.92 Å². The van der Waals surface area contributed by atoms with Crippen LogP contribution in [0.2, 0.25) is 5.28 Å². The summed E-state index contributed by atoms with van der Waals surface area (Å²) in [6.07, 6.45) is 3.48. The van der Waals surface area contributed by atoms with Gasteiger partial charge in [0.25, 0.3) is 0 Å². The fraction of sp³-hybridized carbons (Fsp3) is 0.364. The number of rotatable bonds is 5. The lowest BCUT2D eigenvalue weighted by Crippen LogP contribution is -2.23. The smallest absolute Gasteiger partial charge is 0.332 e. The molecule has 0 aliphatic heterocycles. The van der Waals surface area contributed by atoms with E-state index in [1.165, 1.54) is 6.92 Å². The van der Waals surface area contributed by atoms with Gasteiger partial charge >= 0.3 is 5.69 Å². The molecule has 0 bridgehead atoms. The van der Waals surface area contributed by atoms with Gasteiger partial charge in [-0.3, -0.25) is 14.8 Å². The van der Waals surface area contributed by atoms with E-state index in [4.69, 9.17) is 11.6 Å². The molecule has 1 N–H and O–H groups in total. The number of hydrogen-bond donors (Lipinski definition) is 1. The van der Waals surface area contributed by atoms with Gasteiger partial charge in [-0.15, -0.1) is 0 Å². The number of aromatic nitrogens is 4. The van der Waals surface area contributed by atoms with Crippen LogP contribution < -0.4 is 5.32 Å². The second kappa shape index (κ2) is 5.83. The molecule has 2 aromatic rings. The van der Waals surface area contributed by atoms with Crippen LogP contribution in [0.4, 0.5) is 11.5 Å². The number of hydrogen-bond acceptors (Lipinski definition) is 6. The summed E-state index contributed by atoms with van der Waals surface area (Å²) < 4.78 is 1.72. The summed E-state index contributed by atoms with van der Waals surface area (Å²) >= 11 is 5.75. The average molecular weight is 297 g/mol. The lowest BCUT2D eigenvalue weighted by Gasteiger charge is -2.15. The van der Waals surface area contributed by atoms with Gasteiger partial charge in [0.1, 0.15) is 5.69 Å². The first-order valence-electron chi connectivity index (χ1n) is 5.90. The van der Waals surface area contributed by atoms with Gasteiger partial charge in [0, 0.05) is 18.4 Å². The quantitative estimate of drug-likeness (QED) is 0.515. The van der Waals surface area contributed by atoms with E-state index in [-0.39, 0.29) is 28.5 Å². The van der Waals surface area contributed by atoms with Crippen LogP contribution in [0, 0.1) is 17.0 Å². The largest absolute Gasteiger partial charge is 0.360 e. The van der Waals surface area contributed by atoms with Gasteiger partial charge in [0.2, 0.25) is 11.1 Å². The standard InChI is InChI=1S/C11H13ClN6O2/c1-7(6-17-5-3-4-13-17)14-10-9(18(19)20)8(2)15-11(12)16-10/h3-5,7H,6H2,1-2H3,(H,14,15,16). The molecule has 0 aliphatic rings. The summed E-state index contributed by atoms with van der Waals surface area (Å²) in [6, 6.07) is 1.69. The summed E-state index contributed by atoms with van der Waals surface area (Å²) in [5.41, 5.74) is 0.0607. The Labute approximate surface area is 120 Å². The number of nitro groups is 1. The Morgan fingerprint density at radius 2 is 2.30 bits per heavy atom. The maximum Gasteiger partial charge on any atom is 0.332 e. The van der Waals surface area contributed by atoms with E-state index in [0.717, 1.165) is 0 Å². The molecule has 0 saturated heterocycles. The van der Waals surface area contributed by atoms with Crippen molar-refractivity contribution in [1.29, 1.82) is 0 Å². The Hall–Kier alpha value is -2.22. The predicted octanol–water partition coefficient (Wildman–Crippen LogP) is 2.04. The van der Waals surface area contributed by atoms with E-state index in [9.17, 15) is 10.1 Å². The average Bonchev–Trinajstić information content (AvgIpc) is 2.79. The van der Waals surface area contributed by atoms with Gasteiger partial charge in [-0.2, -0.15) is 10.1 Å². The predicted molar refractivity (Wildman–Crippen MR) is 73.7 cm³/mol. The van der Waals surface area contributed by atoms with Crippen molar-refractivity contribution in [2.24, 2.45) is 0 Å². The molecule has 2 rings (SSSR count). The Morgan fingerprint density at radius 3 is 2.90 bits per heavy atom.